The van der Waals surface area contributed by atoms with E-state index in [-0.39, 0.29) is 5.56 Å². The minimum atomic E-state index is -0.646. The lowest BCUT2D eigenvalue weighted by Crippen LogP contribution is -2.37. The van der Waals surface area contributed by atoms with Crippen LogP contribution in [0.4, 0.5) is 4.39 Å². The van der Waals surface area contributed by atoms with Crippen LogP contribution in [0.25, 0.3) is 0 Å². The normalized spacial score (nSPS) is 10.9. The summed E-state index contributed by atoms with van der Waals surface area (Å²) in [6.07, 6.45) is 5.30. The van der Waals surface area contributed by atoms with Gasteiger partial charge >= 0.3 is 0 Å². The Morgan fingerprint density at radius 2 is 2.24 bits per heavy atom. The maximum Gasteiger partial charge on any atom is 0.248 e. The summed E-state index contributed by atoms with van der Waals surface area (Å²) in [6.45, 7) is 3.94. The van der Waals surface area contributed by atoms with Crippen LogP contribution in [0.1, 0.15) is 29.8 Å². The second-order valence-electron chi connectivity index (χ2n) is 4.29. The fourth-order valence-corrected chi connectivity index (χ4v) is 1.21. The molecule has 1 aromatic rings. The number of nitrogens with two attached hydrogens (primary N) is 1. The van der Waals surface area contributed by atoms with Gasteiger partial charge in [-0.1, -0.05) is 12.0 Å². The van der Waals surface area contributed by atoms with Crippen molar-refractivity contribution in [2.75, 3.05) is 0 Å². The van der Waals surface area contributed by atoms with Crippen molar-refractivity contribution in [3.63, 3.8) is 0 Å². The molecule has 0 atom stereocenters. The Hall–Kier alpha value is -1.86. The average molecular weight is 234 g/mol. The summed E-state index contributed by atoms with van der Waals surface area (Å²) in [5.74, 6) is 1.44. The minimum absolute atomic E-state index is 0.155. The number of benzene rings is 1. The zero-order chi connectivity index (χ0) is 13.1. The Labute approximate surface area is 100 Å². The van der Waals surface area contributed by atoms with Crippen LogP contribution >= 0.6 is 0 Å². The lowest BCUT2D eigenvalue weighted by atomic mass is 10.1. The van der Waals surface area contributed by atoms with Crippen LogP contribution in [-0.4, -0.2) is 11.4 Å². The molecule has 1 amide bonds. The van der Waals surface area contributed by atoms with E-state index in [1.165, 1.54) is 12.1 Å². The van der Waals surface area contributed by atoms with Gasteiger partial charge in [0.1, 0.15) is 5.82 Å². The van der Waals surface area contributed by atoms with Gasteiger partial charge in [0.05, 0.1) is 5.54 Å². The molecule has 0 aromatic heterocycles. The third kappa shape index (κ3) is 3.58. The smallest absolute Gasteiger partial charge is 0.248 e. The number of primary amides is 1. The summed E-state index contributed by atoms with van der Waals surface area (Å²) >= 11 is 0. The molecule has 0 aliphatic heterocycles. The third-order valence-electron chi connectivity index (χ3n) is 2.42. The first kappa shape index (κ1) is 13.2. The van der Waals surface area contributed by atoms with E-state index in [0.29, 0.717) is 12.1 Å². The Kier molecular flexibility index (Phi) is 3.87. The minimum Gasteiger partial charge on any atom is -0.366 e. The van der Waals surface area contributed by atoms with E-state index in [2.05, 4.69) is 11.2 Å². The zero-order valence-electron chi connectivity index (χ0n) is 9.88. The second-order valence-corrected chi connectivity index (χ2v) is 4.29. The lowest BCUT2D eigenvalue weighted by molar-refractivity contribution is 0.1000. The van der Waals surface area contributed by atoms with Crippen molar-refractivity contribution in [1.82, 2.24) is 5.32 Å². The first-order valence-corrected chi connectivity index (χ1v) is 5.17. The van der Waals surface area contributed by atoms with Crippen LogP contribution in [0.5, 0.6) is 0 Å². The van der Waals surface area contributed by atoms with Crippen LogP contribution in [0.2, 0.25) is 0 Å². The summed E-state index contributed by atoms with van der Waals surface area (Å²) in [6, 6.07) is 4.14. The first-order chi connectivity index (χ1) is 7.85. The van der Waals surface area contributed by atoms with Crippen molar-refractivity contribution in [3.8, 4) is 12.3 Å². The Morgan fingerprint density at radius 3 is 2.71 bits per heavy atom. The third-order valence-corrected chi connectivity index (χ3v) is 2.42. The summed E-state index contributed by atoms with van der Waals surface area (Å²) in [4.78, 5) is 10.8. The molecule has 0 radical (unpaired) electrons. The van der Waals surface area contributed by atoms with Crippen molar-refractivity contribution in [2.45, 2.75) is 25.9 Å². The van der Waals surface area contributed by atoms with Crippen molar-refractivity contribution in [1.29, 1.82) is 0 Å². The quantitative estimate of drug-likeness (QED) is 0.774. The predicted octanol–water partition coefficient (Wildman–Crippen LogP) is 1.43. The molecule has 0 saturated heterocycles. The molecular formula is C13H15FN2O. The largest absolute Gasteiger partial charge is 0.366 e. The van der Waals surface area contributed by atoms with Gasteiger partial charge in [0.25, 0.3) is 0 Å². The Morgan fingerprint density at radius 1 is 1.59 bits per heavy atom. The number of hydrogen-bond acceptors (Lipinski definition) is 2. The van der Waals surface area contributed by atoms with Crippen molar-refractivity contribution in [3.05, 3.63) is 35.1 Å². The monoisotopic (exact) mass is 234 g/mol. The molecule has 0 heterocycles. The Bertz CT molecular complexity index is 475. The second kappa shape index (κ2) is 4.98. The SMILES string of the molecule is C#CC(C)(C)NCc1ccc(C(N)=O)cc1F. The van der Waals surface area contributed by atoms with E-state index >= 15 is 0 Å². The number of terminal acetylenes is 1. The molecular weight excluding hydrogens is 219 g/mol. The van der Waals surface area contributed by atoms with E-state index in [9.17, 15) is 9.18 Å². The lowest BCUT2D eigenvalue weighted by Gasteiger charge is -2.19. The van der Waals surface area contributed by atoms with E-state index < -0.39 is 17.3 Å². The van der Waals surface area contributed by atoms with Gasteiger partial charge in [-0.25, -0.2) is 4.39 Å². The van der Waals surface area contributed by atoms with E-state index in [0.717, 1.165) is 6.07 Å². The van der Waals surface area contributed by atoms with Crippen LogP contribution in [0.15, 0.2) is 18.2 Å². The number of carbonyl (C=O) groups is 1. The molecule has 0 bridgehead atoms. The number of carbonyl (C=O) groups excluding carboxylic acids is 1. The molecule has 0 aliphatic rings. The van der Waals surface area contributed by atoms with Gasteiger partial charge in [-0.05, 0) is 26.0 Å². The molecule has 0 unspecified atom stereocenters. The molecule has 90 valence electrons. The van der Waals surface area contributed by atoms with Gasteiger partial charge in [-0.2, -0.15) is 0 Å². The van der Waals surface area contributed by atoms with E-state index in [1.807, 2.05) is 13.8 Å². The zero-order valence-corrected chi connectivity index (χ0v) is 9.88. The van der Waals surface area contributed by atoms with Crippen molar-refractivity contribution >= 4 is 5.91 Å². The van der Waals surface area contributed by atoms with Crippen LogP contribution in [-0.2, 0) is 6.54 Å². The standard InChI is InChI=1S/C13H15FN2O/c1-4-13(2,3)16-8-10-6-5-9(12(15)17)7-11(10)14/h1,5-7,16H,8H2,2-3H3,(H2,15,17). The molecule has 0 saturated carbocycles. The summed E-state index contributed by atoms with van der Waals surface area (Å²) < 4.78 is 13.6. The highest BCUT2D eigenvalue weighted by Gasteiger charge is 2.14. The predicted molar refractivity (Wildman–Crippen MR) is 64.7 cm³/mol. The molecule has 17 heavy (non-hydrogen) atoms. The molecule has 0 aliphatic carbocycles. The molecule has 4 heteroatoms. The number of hydrogen-bond donors (Lipinski definition) is 2. The molecule has 0 fully saturated rings. The maximum absolute atomic E-state index is 13.6. The highest BCUT2D eigenvalue weighted by atomic mass is 19.1. The van der Waals surface area contributed by atoms with Crippen molar-refractivity contribution in [2.24, 2.45) is 5.73 Å². The van der Waals surface area contributed by atoms with Crippen molar-refractivity contribution < 1.29 is 9.18 Å². The van der Waals surface area contributed by atoms with Gasteiger partial charge in [0.2, 0.25) is 5.91 Å². The van der Waals surface area contributed by atoms with Crippen LogP contribution < -0.4 is 11.1 Å². The summed E-state index contributed by atoms with van der Waals surface area (Å²) in [7, 11) is 0. The maximum atomic E-state index is 13.6. The molecule has 3 nitrogen and oxygen atoms in total. The fourth-order valence-electron chi connectivity index (χ4n) is 1.21. The Balaban J connectivity index is 2.81. The van der Waals surface area contributed by atoms with E-state index in [4.69, 9.17) is 12.2 Å². The van der Waals surface area contributed by atoms with Gasteiger partial charge < -0.3 is 5.73 Å². The number of nitrogens with one attached hydrogen (secondary N) is 1. The van der Waals surface area contributed by atoms with Crippen LogP contribution in [0.3, 0.4) is 0 Å². The van der Waals surface area contributed by atoms with Crippen LogP contribution in [0, 0.1) is 18.2 Å². The average Bonchev–Trinajstić information content (AvgIpc) is 2.27. The summed E-state index contributed by atoms with van der Waals surface area (Å²) in [5.41, 5.74) is 5.14. The first-order valence-electron chi connectivity index (χ1n) is 5.17. The highest BCUT2D eigenvalue weighted by Crippen LogP contribution is 2.11. The van der Waals surface area contributed by atoms with Gasteiger partial charge in [0, 0.05) is 17.7 Å². The van der Waals surface area contributed by atoms with Gasteiger partial charge in [-0.15, -0.1) is 6.42 Å². The molecule has 3 N–H and O–H groups in total. The van der Waals surface area contributed by atoms with Gasteiger partial charge in [0.15, 0.2) is 0 Å². The summed E-state index contributed by atoms with van der Waals surface area (Å²) in [5, 5.41) is 3.02. The van der Waals surface area contributed by atoms with E-state index in [1.54, 1.807) is 0 Å². The number of amides is 1. The highest BCUT2D eigenvalue weighted by molar-refractivity contribution is 5.92. The fraction of sp³-hybridized carbons (Fsp3) is 0.308. The van der Waals surface area contributed by atoms with Gasteiger partial charge in [-0.3, -0.25) is 10.1 Å². The number of halogens is 1. The number of rotatable bonds is 4. The molecule has 1 rings (SSSR count). The molecule has 1 aromatic carbocycles. The topological polar surface area (TPSA) is 55.1 Å². The molecule has 0 spiro atoms.